The first-order chi connectivity index (χ1) is 14.4. The van der Waals surface area contributed by atoms with E-state index in [1.807, 2.05) is 0 Å². The van der Waals surface area contributed by atoms with Crippen molar-refractivity contribution in [3.8, 4) is 5.75 Å². The molecule has 7 nitrogen and oxygen atoms in total. The van der Waals surface area contributed by atoms with E-state index in [1.165, 1.54) is 26.4 Å². The number of nitrogens with one attached hydrogen (secondary N) is 2. The predicted molar refractivity (Wildman–Crippen MR) is 110 cm³/mol. The molecule has 4 fully saturated rings. The average molecular weight is 415 g/mol. The average Bonchev–Trinajstić information content (AvgIpc) is 2.70. The second-order valence-corrected chi connectivity index (χ2v) is 9.23. The van der Waals surface area contributed by atoms with Gasteiger partial charge in [0.25, 0.3) is 11.8 Å². The van der Waals surface area contributed by atoms with Crippen molar-refractivity contribution < 1.29 is 23.9 Å². The SMILES string of the molecule is COc1cccc(C(=O)NCC(=O)O[C@H](C)C(=O)NC23CC4CC(CC(C4)C2)C3)c1. The van der Waals surface area contributed by atoms with Crippen LogP contribution >= 0.6 is 0 Å². The van der Waals surface area contributed by atoms with Crippen LogP contribution in [0.5, 0.6) is 5.75 Å². The summed E-state index contributed by atoms with van der Waals surface area (Å²) in [5.74, 6) is 1.43. The molecule has 5 rings (SSSR count). The van der Waals surface area contributed by atoms with Crippen LogP contribution in [0.25, 0.3) is 0 Å². The third-order valence-electron chi connectivity index (χ3n) is 6.83. The summed E-state index contributed by atoms with van der Waals surface area (Å²) < 4.78 is 10.4. The highest BCUT2D eigenvalue weighted by atomic mass is 16.5. The van der Waals surface area contributed by atoms with E-state index < -0.39 is 18.0 Å². The largest absolute Gasteiger partial charge is 0.497 e. The lowest BCUT2D eigenvalue weighted by molar-refractivity contribution is -0.155. The monoisotopic (exact) mass is 414 g/mol. The van der Waals surface area contributed by atoms with Gasteiger partial charge in [-0.2, -0.15) is 0 Å². The first kappa shape index (κ1) is 20.7. The highest BCUT2D eigenvalue weighted by molar-refractivity contribution is 5.96. The molecule has 4 bridgehead atoms. The molecule has 0 unspecified atom stereocenters. The Labute approximate surface area is 176 Å². The summed E-state index contributed by atoms with van der Waals surface area (Å²) in [6.07, 6.45) is 6.14. The third-order valence-corrected chi connectivity index (χ3v) is 6.83. The number of esters is 1. The molecule has 4 aliphatic carbocycles. The Bertz CT molecular complexity index is 801. The number of carbonyl (C=O) groups is 3. The minimum atomic E-state index is -0.890. The smallest absolute Gasteiger partial charge is 0.326 e. The van der Waals surface area contributed by atoms with Crippen LogP contribution in [0.15, 0.2) is 24.3 Å². The maximum Gasteiger partial charge on any atom is 0.326 e. The van der Waals surface area contributed by atoms with Gasteiger partial charge in [-0.3, -0.25) is 14.4 Å². The van der Waals surface area contributed by atoms with Gasteiger partial charge in [0.2, 0.25) is 0 Å². The second-order valence-electron chi connectivity index (χ2n) is 9.23. The van der Waals surface area contributed by atoms with Crippen LogP contribution < -0.4 is 15.4 Å². The molecule has 0 aromatic heterocycles. The first-order valence-corrected chi connectivity index (χ1v) is 10.8. The number of ether oxygens (including phenoxy) is 2. The van der Waals surface area contributed by atoms with Crippen molar-refractivity contribution in [3.05, 3.63) is 29.8 Å². The number of methoxy groups -OCH3 is 1. The summed E-state index contributed by atoms with van der Waals surface area (Å²) in [5, 5.41) is 5.74. The lowest BCUT2D eigenvalue weighted by Crippen LogP contribution is -2.61. The van der Waals surface area contributed by atoms with E-state index in [9.17, 15) is 14.4 Å². The maximum atomic E-state index is 12.7. The molecular weight excluding hydrogens is 384 g/mol. The van der Waals surface area contributed by atoms with Crippen LogP contribution in [-0.2, 0) is 14.3 Å². The number of rotatable bonds is 7. The van der Waals surface area contributed by atoms with Gasteiger partial charge in [-0.1, -0.05) is 6.07 Å². The summed E-state index contributed by atoms with van der Waals surface area (Å²) in [4.78, 5) is 37.0. The summed E-state index contributed by atoms with van der Waals surface area (Å²) in [7, 11) is 1.52. The van der Waals surface area contributed by atoms with Gasteiger partial charge in [0.15, 0.2) is 6.10 Å². The normalized spacial score (nSPS) is 29.7. The molecule has 2 N–H and O–H groups in total. The molecular formula is C23H30N2O5. The molecule has 7 heteroatoms. The van der Waals surface area contributed by atoms with E-state index in [0.29, 0.717) is 11.3 Å². The van der Waals surface area contributed by atoms with Gasteiger partial charge in [-0.25, -0.2) is 0 Å². The zero-order valence-corrected chi connectivity index (χ0v) is 17.6. The van der Waals surface area contributed by atoms with Crippen LogP contribution in [-0.4, -0.2) is 43.1 Å². The Morgan fingerprint density at radius 1 is 1.10 bits per heavy atom. The second kappa shape index (κ2) is 8.28. The number of hydrogen-bond acceptors (Lipinski definition) is 5. The lowest BCUT2D eigenvalue weighted by Gasteiger charge is -2.57. The molecule has 1 aromatic rings. The number of carbonyl (C=O) groups excluding carboxylic acids is 3. The van der Waals surface area contributed by atoms with Crippen molar-refractivity contribution in [3.63, 3.8) is 0 Å². The van der Waals surface area contributed by atoms with Crippen LogP contribution in [0.3, 0.4) is 0 Å². The quantitative estimate of drug-likeness (QED) is 0.669. The first-order valence-electron chi connectivity index (χ1n) is 10.8. The minimum absolute atomic E-state index is 0.118. The van der Waals surface area contributed by atoms with Crippen molar-refractivity contribution in [2.45, 2.75) is 57.1 Å². The van der Waals surface area contributed by atoms with Crippen LogP contribution in [0.1, 0.15) is 55.8 Å². The van der Waals surface area contributed by atoms with Crippen molar-refractivity contribution in [2.24, 2.45) is 17.8 Å². The Morgan fingerprint density at radius 2 is 1.73 bits per heavy atom. The van der Waals surface area contributed by atoms with E-state index >= 15 is 0 Å². The Morgan fingerprint density at radius 3 is 2.33 bits per heavy atom. The van der Waals surface area contributed by atoms with Gasteiger partial charge in [0, 0.05) is 11.1 Å². The van der Waals surface area contributed by atoms with Crippen LogP contribution in [0.4, 0.5) is 0 Å². The van der Waals surface area contributed by atoms with Gasteiger partial charge in [0.05, 0.1) is 7.11 Å². The molecule has 0 saturated heterocycles. The highest BCUT2D eigenvalue weighted by Crippen LogP contribution is 2.55. The number of hydrogen-bond donors (Lipinski definition) is 2. The molecule has 4 saturated carbocycles. The minimum Gasteiger partial charge on any atom is -0.497 e. The molecule has 1 atom stereocenters. The molecule has 30 heavy (non-hydrogen) atoms. The molecule has 0 aliphatic heterocycles. The standard InChI is InChI=1S/C23H30N2O5/c1-14(21(27)25-23-10-15-6-16(11-23)8-17(7-15)12-23)30-20(26)13-24-22(28)18-4-3-5-19(9-18)29-2/h3-5,9,14-17H,6-8,10-13H2,1-2H3,(H,24,28)(H,25,27)/t14-,15?,16?,17?,23?/m1/s1. The van der Waals surface area contributed by atoms with E-state index in [2.05, 4.69) is 10.6 Å². The van der Waals surface area contributed by atoms with E-state index in [0.717, 1.165) is 37.0 Å². The van der Waals surface area contributed by atoms with Crippen LogP contribution in [0, 0.1) is 17.8 Å². The Hall–Kier alpha value is -2.57. The van der Waals surface area contributed by atoms with E-state index in [-0.39, 0.29) is 18.0 Å². The molecule has 0 radical (unpaired) electrons. The molecule has 0 spiro atoms. The van der Waals surface area contributed by atoms with E-state index in [4.69, 9.17) is 9.47 Å². The van der Waals surface area contributed by atoms with Gasteiger partial charge >= 0.3 is 5.97 Å². The molecule has 4 aliphatic rings. The zero-order valence-electron chi connectivity index (χ0n) is 17.6. The van der Waals surface area contributed by atoms with Gasteiger partial charge in [0.1, 0.15) is 12.3 Å². The fraction of sp³-hybridized carbons (Fsp3) is 0.609. The lowest BCUT2D eigenvalue weighted by atomic mass is 9.53. The zero-order chi connectivity index (χ0) is 21.3. The Balaban J connectivity index is 1.25. The summed E-state index contributed by atoms with van der Waals surface area (Å²) in [6, 6.07) is 6.64. The van der Waals surface area contributed by atoms with Crippen LogP contribution in [0.2, 0.25) is 0 Å². The highest BCUT2D eigenvalue weighted by Gasteiger charge is 2.51. The molecule has 162 valence electrons. The summed E-state index contributed by atoms with van der Waals surface area (Å²) in [6.45, 7) is 1.28. The van der Waals surface area contributed by atoms with Crippen molar-refractivity contribution in [2.75, 3.05) is 13.7 Å². The number of amides is 2. The third kappa shape index (κ3) is 4.45. The molecule has 1 aromatic carbocycles. The summed E-state index contributed by atoms with van der Waals surface area (Å²) >= 11 is 0. The molecule has 2 amide bonds. The topological polar surface area (TPSA) is 93.7 Å². The van der Waals surface area contributed by atoms with E-state index in [1.54, 1.807) is 31.2 Å². The Kier molecular flexibility index (Phi) is 5.71. The van der Waals surface area contributed by atoms with Crippen molar-refractivity contribution in [1.29, 1.82) is 0 Å². The van der Waals surface area contributed by atoms with Gasteiger partial charge in [-0.05, 0) is 81.4 Å². The molecule has 0 heterocycles. The fourth-order valence-corrected chi connectivity index (χ4v) is 5.94. The van der Waals surface area contributed by atoms with Crippen molar-refractivity contribution in [1.82, 2.24) is 10.6 Å². The fourth-order valence-electron chi connectivity index (χ4n) is 5.94. The van der Waals surface area contributed by atoms with Crippen molar-refractivity contribution >= 4 is 17.8 Å². The maximum absolute atomic E-state index is 12.7. The number of benzene rings is 1. The predicted octanol–water partition coefficient (Wildman–Crippen LogP) is 2.44. The van der Waals surface area contributed by atoms with Gasteiger partial charge in [-0.15, -0.1) is 0 Å². The van der Waals surface area contributed by atoms with Gasteiger partial charge < -0.3 is 20.1 Å². The summed E-state index contributed by atoms with van der Waals surface area (Å²) in [5.41, 5.74) is 0.266.